The van der Waals surface area contributed by atoms with Crippen LogP contribution in [0.5, 0.6) is 5.75 Å². The average Bonchev–Trinajstić information content (AvgIpc) is 3.09. The summed E-state index contributed by atoms with van der Waals surface area (Å²) in [7, 11) is 1.74. The second kappa shape index (κ2) is 8.65. The maximum Gasteiger partial charge on any atom is 0.262 e. The van der Waals surface area contributed by atoms with Gasteiger partial charge in [0, 0.05) is 36.8 Å². The summed E-state index contributed by atoms with van der Waals surface area (Å²) in [5.74, 6) is -0.0146. The van der Waals surface area contributed by atoms with Gasteiger partial charge in [0.05, 0.1) is 15.1 Å². The Bertz CT molecular complexity index is 1030. The van der Waals surface area contributed by atoms with Crippen molar-refractivity contribution in [3.63, 3.8) is 0 Å². The topological polar surface area (TPSA) is 73.2 Å². The van der Waals surface area contributed by atoms with E-state index in [4.69, 9.17) is 39.5 Å². The van der Waals surface area contributed by atoms with Crippen LogP contribution in [0.4, 0.5) is 5.69 Å². The molecule has 28 heavy (non-hydrogen) atoms. The van der Waals surface area contributed by atoms with Gasteiger partial charge in [0.2, 0.25) is 5.78 Å². The van der Waals surface area contributed by atoms with E-state index < -0.39 is 5.91 Å². The van der Waals surface area contributed by atoms with Crippen LogP contribution in [0.2, 0.25) is 15.1 Å². The number of anilines is 1. The maximum absolute atomic E-state index is 12.4. The molecule has 6 nitrogen and oxygen atoms in total. The molecule has 0 saturated carbocycles. The molecule has 9 heteroatoms. The highest BCUT2D eigenvalue weighted by Crippen LogP contribution is 2.33. The number of amides is 1. The second-order valence-electron chi connectivity index (χ2n) is 5.80. The monoisotopic (exact) mass is 437 g/mol. The van der Waals surface area contributed by atoms with E-state index in [0.29, 0.717) is 22.1 Å². The number of imidazole rings is 1. The molecule has 0 bridgehead atoms. The molecule has 3 rings (SSSR count). The van der Waals surface area contributed by atoms with E-state index in [1.165, 1.54) is 12.1 Å². The zero-order valence-electron chi connectivity index (χ0n) is 14.6. The molecule has 2 aromatic carbocycles. The van der Waals surface area contributed by atoms with Crippen molar-refractivity contribution in [2.45, 2.75) is 0 Å². The van der Waals surface area contributed by atoms with Crippen molar-refractivity contribution < 1.29 is 14.3 Å². The van der Waals surface area contributed by atoms with Crippen LogP contribution in [0.1, 0.15) is 16.2 Å². The van der Waals surface area contributed by atoms with Crippen LogP contribution in [0, 0.1) is 0 Å². The summed E-state index contributed by atoms with van der Waals surface area (Å²) >= 11 is 17.8. The Kier molecular flexibility index (Phi) is 6.24. The largest absolute Gasteiger partial charge is 0.482 e. The van der Waals surface area contributed by atoms with E-state index in [-0.39, 0.29) is 28.2 Å². The number of benzene rings is 2. The van der Waals surface area contributed by atoms with E-state index >= 15 is 0 Å². The zero-order chi connectivity index (χ0) is 20.3. The maximum atomic E-state index is 12.4. The Morgan fingerprint density at radius 1 is 1.07 bits per heavy atom. The highest BCUT2D eigenvalue weighted by atomic mass is 35.5. The quantitative estimate of drug-likeness (QED) is 0.450. The Labute approximate surface area is 176 Å². The molecule has 0 aliphatic carbocycles. The van der Waals surface area contributed by atoms with E-state index in [2.05, 4.69) is 10.3 Å². The Balaban J connectivity index is 1.60. The van der Waals surface area contributed by atoms with Crippen molar-refractivity contribution in [1.29, 1.82) is 0 Å². The highest BCUT2D eigenvalue weighted by Gasteiger charge is 2.14. The first-order valence-electron chi connectivity index (χ1n) is 8.04. The van der Waals surface area contributed by atoms with Crippen LogP contribution in [-0.2, 0) is 11.8 Å². The zero-order valence-corrected chi connectivity index (χ0v) is 16.8. The van der Waals surface area contributed by atoms with Gasteiger partial charge < -0.3 is 14.6 Å². The molecule has 1 N–H and O–H groups in total. The Morgan fingerprint density at radius 2 is 1.75 bits per heavy atom. The first kappa shape index (κ1) is 20.2. The number of nitrogens with zero attached hydrogens (tertiary/aromatic N) is 2. The van der Waals surface area contributed by atoms with Crippen molar-refractivity contribution in [3.8, 4) is 5.75 Å². The third kappa shape index (κ3) is 4.65. The molecule has 1 aromatic heterocycles. The third-order valence-corrected chi connectivity index (χ3v) is 4.81. The van der Waals surface area contributed by atoms with E-state index in [1.807, 2.05) is 0 Å². The summed E-state index contributed by atoms with van der Waals surface area (Å²) in [6.45, 7) is -0.272. The summed E-state index contributed by atoms with van der Waals surface area (Å²) in [4.78, 5) is 28.5. The van der Waals surface area contributed by atoms with Gasteiger partial charge in [-0.25, -0.2) is 4.98 Å². The fraction of sp³-hybridized carbons (Fsp3) is 0.105. The van der Waals surface area contributed by atoms with E-state index in [0.717, 1.165) is 0 Å². The van der Waals surface area contributed by atoms with Gasteiger partial charge in [-0.05, 0) is 30.3 Å². The van der Waals surface area contributed by atoms with Crippen LogP contribution in [0.25, 0.3) is 0 Å². The number of carbonyl (C=O) groups excluding carboxylic acids is 2. The first-order chi connectivity index (χ1) is 13.3. The van der Waals surface area contributed by atoms with Gasteiger partial charge in [-0.1, -0.05) is 34.8 Å². The third-order valence-electron chi connectivity index (χ3n) is 3.79. The van der Waals surface area contributed by atoms with Gasteiger partial charge >= 0.3 is 0 Å². The van der Waals surface area contributed by atoms with Crippen LogP contribution in [0.3, 0.4) is 0 Å². The summed E-state index contributed by atoms with van der Waals surface area (Å²) < 4.78 is 7.02. The lowest BCUT2D eigenvalue weighted by molar-refractivity contribution is -0.118. The summed E-state index contributed by atoms with van der Waals surface area (Å²) in [5.41, 5.74) is 0.983. The Hall–Kier alpha value is -2.54. The van der Waals surface area contributed by atoms with Crippen molar-refractivity contribution in [1.82, 2.24) is 9.55 Å². The number of ether oxygens (including phenoxy) is 1. The molecular weight excluding hydrogens is 425 g/mol. The molecule has 1 heterocycles. The van der Waals surface area contributed by atoms with Crippen LogP contribution in [-0.4, -0.2) is 27.8 Å². The van der Waals surface area contributed by atoms with Crippen molar-refractivity contribution >= 4 is 52.2 Å². The normalized spacial score (nSPS) is 10.6. The number of hydrogen-bond acceptors (Lipinski definition) is 4. The fourth-order valence-electron chi connectivity index (χ4n) is 2.37. The number of nitrogens with one attached hydrogen (secondary N) is 1. The number of aromatic nitrogens is 2. The molecule has 0 aliphatic rings. The van der Waals surface area contributed by atoms with Gasteiger partial charge in [0.1, 0.15) is 5.75 Å². The lowest BCUT2D eigenvalue weighted by Gasteiger charge is -2.10. The van der Waals surface area contributed by atoms with Crippen molar-refractivity contribution in [3.05, 3.63) is 75.2 Å². The second-order valence-corrected chi connectivity index (χ2v) is 7.02. The molecule has 1 amide bonds. The molecule has 3 aromatic rings. The predicted octanol–water partition coefficient (Wildman–Crippen LogP) is 4.63. The van der Waals surface area contributed by atoms with Crippen LogP contribution >= 0.6 is 34.8 Å². The minimum Gasteiger partial charge on any atom is -0.482 e. The number of halogens is 3. The van der Waals surface area contributed by atoms with Gasteiger partial charge in [-0.15, -0.1) is 0 Å². The van der Waals surface area contributed by atoms with Crippen molar-refractivity contribution in [2.75, 3.05) is 11.9 Å². The molecule has 0 saturated heterocycles. The van der Waals surface area contributed by atoms with Crippen LogP contribution in [0.15, 0.2) is 48.8 Å². The molecule has 144 valence electrons. The summed E-state index contributed by atoms with van der Waals surface area (Å²) in [6.07, 6.45) is 3.25. The Morgan fingerprint density at radius 3 is 2.39 bits per heavy atom. The summed E-state index contributed by atoms with van der Waals surface area (Å²) in [6, 6.07) is 9.36. The predicted molar refractivity (Wildman–Crippen MR) is 109 cm³/mol. The molecule has 0 radical (unpaired) electrons. The standard InChI is InChI=1S/C19H14Cl3N3O3/c1-25-7-6-23-19(25)18(27)11-2-4-12(5-3-11)24-17(26)10-28-16-9-14(21)13(20)8-15(16)22/h2-9H,10H2,1H3,(H,24,26). The number of aryl methyl sites for hydroxylation is 1. The van der Waals surface area contributed by atoms with Gasteiger partial charge in [0.15, 0.2) is 12.4 Å². The molecular formula is C19H14Cl3N3O3. The molecule has 0 aliphatic heterocycles. The van der Waals surface area contributed by atoms with Crippen molar-refractivity contribution in [2.24, 2.45) is 7.05 Å². The summed E-state index contributed by atoms with van der Waals surface area (Å²) in [5, 5.41) is 3.49. The molecule has 0 fully saturated rings. The minimum absolute atomic E-state index is 0.206. The highest BCUT2D eigenvalue weighted by molar-refractivity contribution is 6.43. The first-order valence-corrected chi connectivity index (χ1v) is 9.18. The fourth-order valence-corrected chi connectivity index (χ4v) is 2.97. The minimum atomic E-state index is -0.398. The number of carbonyl (C=O) groups is 2. The molecule has 0 unspecified atom stereocenters. The lowest BCUT2D eigenvalue weighted by atomic mass is 10.1. The number of hydrogen-bond donors (Lipinski definition) is 1. The molecule has 0 atom stereocenters. The van der Waals surface area contributed by atoms with E-state index in [9.17, 15) is 9.59 Å². The van der Waals surface area contributed by atoms with Gasteiger partial charge in [-0.3, -0.25) is 9.59 Å². The number of ketones is 1. The smallest absolute Gasteiger partial charge is 0.262 e. The lowest BCUT2D eigenvalue weighted by Crippen LogP contribution is -2.20. The van der Waals surface area contributed by atoms with E-state index in [1.54, 1.807) is 48.3 Å². The van der Waals surface area contributed by atoms with Gasteiger partial charge in [0.25, 0.3) is 5.91 Å². The van der Waals surface area contributed by atoms with Crippen LogP contribution < -0.4 is 10.1 Å². The molecule has 0 spiro atoms. The van der Waals surface area contributed by atoms with Gasteiger partial charge in [-0.2, -0.15) is 0 Å². The average molecular weight is 439 g/mol. The SMILES string of the molecule is Cn1ccnc1C(=O)c1ccc(NC(=O)COc2cc(Cl)c(Cl)cc2Cl)cc1. The number of rotatable bonds is 6.